The highest BCUT2D eigenvalue weighted by molar-refractivity contribution is 5.68. The molecule has 1 amide bonds. The van der Waals surface area contributed by atoms with E-state index in [1.54, 1.807) is 11.0 Å². The molecule has 1 saturated heterocycles. The van der Waals surface area contributed by atoms with E-state index >= 15 is 0 Å². The molecule has 0 unspecified atom stereocenters. The summed E-state index contributed by atoms with van der Waals surface area (Å²) in [5.41, 5.74) is -1.07. The first-order valence-electron chi connectivity index (χ1n) is 9.28. The van der Waals surface area contributed by atoms with Crippen LogP contribution >= 0.6 is 0 Å². The molecule has 27 heavy (non-hydrogen) atoms. The molecule has 0 aromatic heterocycles. The van der Waals surface area contributed by atoms with Gasteiger partial charge in [-0.05, 0) is 70.1 Å². The molecule has 150 valence electrons. The Hall–Kier alpha value is -1.92. The summed E-state index contributed by atoms with van der Waals surface area (Å²) in [6.07, 6.45) is -1.36. The van der Waals surface area contributed by atoms with Crippen molar-refractivity contribution < 1.29 is 27.4 Å². The quantitative estimate of drug-likeness (QED) is 0.697. The van der Waals surface area contributed by atoms with Crippen LogP contribution in [0.2, 0.25) is 0 Å². The number of ether oxygens (including phenoxy) is 2. The van der Waals surface area contributed by atoms with Crippen LogP contribution in [-0.2, 0) is 10.9 Å². The van der Waals surface area contributed by atoms with Crippen LogP contribution in [0.4, 0.5) is 18.0 Å². The van der Waals surface area contributed by atoms with Crippen LogP contribution in [0.25, 0.3) is 0 Å². The second-order valence-electron chi connectivity index (χ2n) is 8.64. The lowest BCUT2D eigenvalue weighted by Gasteiger charge is -2.51. The number of rotatable bonds is 2. The Kier molecular flexibility index (Phi) is 5.08. The molecule has 1 spiro atoms. The molecule has 1 aromatic rings. The SMILES string of the molecule is CC(C)(C)OC(=O)N1CCC2(CC1)CC(Oc1cccc(C(F)(F)F)c1)C2. The van der Waals surface area contributed by atoms with Gasteiger partial charge in [0.25, 0.3) is 0 Å². The van der Waals surface area contributed by atoms with Crippen LogP contribution in [0.3, 0.4) is 0 Å². The fraction of sp³-hybridized carbons (Fsp3) is 0.650. The van der Waals surface area contributed by atoms with E-state index in [0.717, 1.165) is 37.8 Å². The molecule has 7 heteroatoms. The lowest BCUT2D eigenvalue weighted by atomic mass is 9.61. The van der Waals surface area contributed by atoms with E-state index in [4.69, 9.17) is 9.47 Å². The molecule has 2 aliphatic rings. The van der Waals surface area contributed by atoms with Gasteiger partial charge in [-0.15, -0.1) is 0 Å². The fourth-order valence-corrected chi connectivity index (χ4v) is 3.83. The average Bonchev–Trinajstić information content (AvgIpc) is 2.52. The van der Waals surface area contributed by atoms with Crippen molar-refractivity contribution in [3.63, 3.8) is 0 Å². The van der Waals surface area contributed by atoms with Crippen molar-refractivity contribution in [3.05, 3.63) is 29.8 Å². The van der Waals surface area contributed by atoms with Gasteiger partial charge in [0.15, 0.2) is 0 Å². The van der Waals surface area contributed by atoms with Crippen LogP contribution < -0.4 is 4.74 Å². The summed E-state index contributed by atoms with van der Waals surface area (Å²) in [4.78, 5) is 13.9. The largest absolute Gasteiger partial charge is 0.490 e. The molecule has 0 atom stereocenters. The topological polar surface area (TPSA) is 38.8 Å². The van der Waals surface area contributed by atoms with Gasteiger partial charge in [-0.2, -0.15) is 13.2 Å². The van der Waals surface area contributed by atoms with E-state index in [-0.39, 0.29) is 23.4 Å². The standard InChI is InChI=1S/C20H26F3NO3/c1-18(2,3)27-17(25)24-9-7-19(8-10-24)12-16(13-19)26-15-6-4-5-14(11-15)20(21,22)23/h4-6,11,16H,7-10,12-13H2,1-3H3. The maximum absolute atomic E-state index is 12.8. The molecule has 1 aliphatic heterocycles. The number of carbonyl (C=O) groups is 1. The maximum atomic E-state index is 12.8. The number of hydrogen-bond donors (Lipinski definition) is 0. The number of nitrogens with zero attached hydrogens (tertiary/aromatic N) is 1. The second-order valence-corrected chi connectivity index (χ2v) is 8.64. The minimum absolute atomic E-state index is 0.0680. The van der Waals surface area contributed by atoms with Gasteiger partial charge in [-0.3, -0.25) is 0 Å². The number of benzene rings is 1. The number of likely N-dealkylation sites (tertiary alicyclic amines) is 1. The van der Waals surface area contributed by atoms with E-state index in [9.17, 15) is 18.0 Å². The third-order valence-corrected chi connectivity index (χ3v) is 5.26. The predicted octanol–water partition coefficient (Wildman–Crippen LogP) is 5.26. The number of alkyl halides is 3. The second kappa shape index (κ2) is 6.91. The normalized spacial score (nSPS) is 20.3. The molecule has 4 nitrogen and oxygen atoms in total. The summed E-state index contributed by atoms with van der Waals surface area (Å²) < 4.78 is 49.5. The first-order valence-corrected chi connectivity index (χ1v) is 9.28. The van der Waals surface area contributed by atoms with Gasteiger partial charge in [0.1, 0.15) is 11.4 Å². The smallest absolute Gasteiger partial charge is 0.416 e. The van der Waals surface area contributed by atoms with Crippen molar-refractivity contribution in [1.29, 1.82) is 0 Å². The molecular weight excluding hydrogens is 359 g/mol. The van der Waals surface area contributed by atoms with Crippen molar-refractivity contribution in [1.82, 2.24) is 4.90 Å². The van der Waals surface area contributed by atoms with E-state index in [2.05, 4.69) is 0 Å². The van der Waals surface area contributed by atoms with Crippen molar-refractivity contribution in [3.8, 4) is 5.75 Å². The van der Waals surface area contributed by atoms with Crippen molar-refractivity contribution >= 4 is 6.09 Å². The molecule has 1 aliphatic carbocycles. The third-order valence-electron chi connectivity index (χ3n) is 5.26. The molecule has 0 radical (unpaired) electrons. The number of hydrogen-bond acceptors (Lipinski definition) is 3. The summed E-state index contributed by atoms with van der Waals surface area (Å²) in [6.45, 7) is 6.82. The summed E-state index contributed by atoms with van der Waals surface area (Å²) in [7, 11) is 0. The van der Waals surface area contributed by atoms with Gasteiger partial charge in [0.2, 0.25) is 0 Å². The summed E-state index contributed by atoms with van der Waals surface area (Å²) in [5.74, 6) is 0.260. The van der Waals surface area contributed by atoms with E-state index < -0.39 is 17.3 Å². The van der Waals surface area contributed by atoms with Crippen LogP contribution in [0.15, 0.2) is 24.3 Å². The first-order chi connectivity index (χ1) is 12.5. The number of halogens is 3. The molecular formula is C20H26F3NO3. The number of amides is 1. The van der Waals surface area contributed by atoms with Gasteiger partial charge in [0.05, 0.1) is 11.7 Å². The zero-order valence-corrected chi connectivity index (χ0v) is 15.9. The minimum atomic E-state index is -4.37. The van der Waals surface area contributed by atoms with Crippen molar-refractivity contribution in [2.24, 2.45) is 5.41 Å². The van der Waals surface area contributed by atoms with E-state index in [0.29, 0.717) is 13.1 Å². The zero-order valence-electron chi connectivity index (χ0n) is 15.9. The average molecular weight is 385 g/mol. The lowest BCUT2D eigenvalue weighted by Crippen LogP contribution is -2.52. The van der Waals surface area contributed by atoms with Crippen molar-refractivity contribution in [2.45, 2.75) is 64.3 Å². The van der Waals surface area contributed by atoms with Crippen LogP contribution in [0.1, 0.15) is 52.0 Å². The number of carbonyl (C=O) groups excluding carboxylic acids is 1. The molecule has 1 heterocycles. The molecule has 1 saturated carbocycles. The number of piperidine rings is 1. The Morgan fingerprint density at radius 1 is 1.15 bits per heavy atom. The Bertz CT molecular complexity index is 680. The molecule has 0 N–H and O–H groups in total. The molecule has 3 rings (SSSR count). The lowest BCUT2D eigenvalue weighted by molar-refractivity contribution is -0.137. The summed E-state index contributed by atoms with van der Waals surface area (Å²) >= 11 is 0. The minimum Gasteiger partial charge on any atom is -0.490 e. The Morgan fingerprint density at radius 2 is 1.78 bits per heavy atom. The Labute approximate surface area is 157 Å². The third kappa shape index (κ3) is 4.87. The van der Waals surface area contributed by atoms with Crippen LogP contribution in [0, 0.1) is 5.41 Å². The monoisotopic (exact) mass is 385 g/mol. The van der Waals surface area contributed by atoms with Gasteiger partial charge in [-0.25, -0.2) is 4.79 Å². The van der Waals surface area contributed by atoms with E-state index in [1.807, 2.05) is 20.8 Å². The highest BCUT2D eigenvalue weighted by atomic mass is 19.4. The van der Waals surface area contributed by atoms with Gasteiger partial charge in [0, 0.05) is 13.1 Å². The van der Waals surface area contributed by atoms with Gasteiger partial charge >= 0.3 is 12.3 Å². The Balaban J connectivity index is 1.48. The first kappa shape index (κ1) is 19.8. The predicted molar refractivity (Wildman–Crippen MR) is 94.6 cm³/mol. The molecule has 1 aromatic carbocycles. The van der Waals surface area contributed by atoms with Crippen molar-refractivity contribution in [2.75, 3.05) is 13.1 Å². The summed E-state index contributed by atoms with van der Waals surface area (Å²) in [6, 6.07) is 5.02. The maximum Gasteiger partial charge on any atom is 0.416 e. The molecule has 2 fully saturated rings. The van der Waals surface area contributed by atoms with Crippen LogP contribution in [0.5, 0.6) is 5.75 Å². The summed E-state index contributed by atoms with van der Waals surface area (Å²) in [5, 5.41) is 0. The molecule has 0 bridgehead atoms. The fourth-order valence-electron chi connectivity index (χ4n) is 3.83. The van der Waals surface area contributed by atoms with Gasteiger partial charge in [-0.1, -0.05) is 6.07 Å². The highest BCUT2D eigenvalue weighted by Gasteiger charge is 2.48. The van der Waals surface area contributed by atoms with E-state index in [1.165, 1.54) is 6.07 Å². The highest BCUT2D eigenvalue weighted by Crippen LogP contribution is 2.50. The zero-order chi connectivity index (χ0) is 19.9. The Morgan fingerprint density at radius 3 is 2.33 bits per heavy atom. The van der Waals surface area contributed by atoms with Crippen LogP contribution in [-0.4, -0.2) is 35.8 Å². The van der Waals surface area contributed by atoms with Gasteiger partial charge < -0.3 is 14.4 Å².